The molecule has 0 spiro atoms. The summed E-state index contributed by atoms with van der Waals surface area (Å²) < 4.78 is 5.07. The molecule has 0 saturated carbocycles. The zero-order chi connectivity index (χ0) is 6.69. The number of hydrogen-bond donors (Lipinski definition) is 1. The summed E-state index contributed by atoms with van der Waals surface area (Å²) in [5, 5.41) is 10.3. The molecule has 1 rings (SSSR count). The summed E-state index contributed by atoms with van der Waals surface area (Å²) in [6.45, 7) is 5.30. The topological polar surface area (TPSA) is 32.7 Å². The van der Waals surface area contributed by atoms with Gasteiger partial charge in [-0.1, -0.05) is 6.08 Å². The highest BCUT2D eigenvalue weighted by molar-refractivity contribution is 4.86. The molecule has 3 nitrogen and oxygen atoms in total. The van der Waals surface area contributed by atoms with Gasteiger partial charge >= 0.3 is 0 Å². The SMILES string of the molecule is C=CC1COCCN1O. The average Bonchev–Trinajstić information content (AvgIpc) is 1.89. The number of morpholine rings is 1. The molecule has 1 N–H and O–H groups in total. The van der Waals surface area contributed by atoms with Crippen molar-refractivity contribution in [3.63, 3.8) is 0 Å². The third kappa shape index (κ3) is 1.51. The first-order chi connectivity index (χ1) is 4.34. The molecule has 0 aromatic rings. The lowest BCUT2D eigenvalue weighted by molar-refractivity contribution is -0.167. The van der Waals surface area contributed by atoms with E-state index in [9.17, 15) is 0 Å². The van der Waals surface area contributed by atoms with Crippen molar-refractivity contribution in [2.45, 2.75) is 6.04 Å². The zero-order valence-corrected chi connectivity index (χ0v) is 5.29. The summed E-state index contributed by atoms with van der Waals surface area (Å²) in [7, 11) is 0. The number of rotatable bonds is 1. The quantitative estimate of drug-likeness (QED) is 0.515. The van der Waals surface area contributed by atoms with Crippen LogP contribution in [-0.2, 0) is 4.74 Å². The first kappa shape index (κ1) is 6.74. The van der Waals surface area contributed by atoms with Crippen LogP contribution < -0.4 is 0 Å². The molecule has 1 aliphatic heterocycles. The summed E-state index contributed by atoms with van der Waals surface area (Å²) in [5.41, 5.74) is 0. The van der Waals surface area contributed by atoms with E-state index in [2.05, 4.69) is 6.58 Å². The van der Waals surface area contributed by atoms with Crippen molar-refractivity contribution in [1.29, 1.82) is 0 Å². The van der Waals surface area contributed by atoms with Gasteiger partial charge in [0.05, 0.1) is 19.3 Å². The lowest BCUT2D eigenvalue weighted by Gasteiger charge is -2.27. The van der Waals surface area contributed by atoms with Gasteiger partial charge in [0.2, 0.25) is 0 Å². The van der Waals surface area contributed by atoms with Crippen molar-refractivity contribution < 1.29 is 9.94 Å². The van der Waals surface area contributed by atoms with Gasteiger partial charge in [0, 0.05) is 6.54 Å². The van der Waals surface area contributed by atoms with Crippen LogP contribution in [0.2, 0.25) is 0 Å². The van der Waals surface area contributed by atoms with E-state index in [1.165, 1.54) is 5.06 Å². The molecule has 1 heterocycles. The maximum Gasteiger partial charge on any atom is 0.0762 e. The Kier molecular flexibility index (Phi) is 2.22. The van der Waals surface area contributed by atoms with Gasteiger partial charge in [0.25, 0.3) is 0 Å². The highest BCUT2D eigenvalue weighted by Gasteiger charge is 2.16. The summed E-state index contributed by atoms with van der Waals surface area (Å²) in [5.74, 6) is 0. The Hall–Kier alpha value is -0.380. The molecule has 9 heavy (non-hydrogen) atoms. The lowest BCUT2D eigenvalue weighted by Crippen LogP contribution is -2.41. The lowest BCUT2D eigenvalue weighted by atomic mass is 10.3. The Morgan fingerprint density at radius 2 is 2.56 bits per heavy atom. The average molecular weight is 129 g/mol. The van der Waals surface area contributed by atoms with E-state index < -0.39 is 0 Å². The maximum absolute atomic E-state index is 9.05. The highest BCUT2D eigenvalue weighted by Crippen LogP contribution is 2.02. The number of hydrogen-bond acceptors (Lipinski definition) is 3. The summed E-state index contributed by atoms with van der Waals surface area (Å²) in [4.78, 5) is 0. The first-order valence-corrected chi connectivity index (χ1v) is 3.00. The fraction of sp³-hybridized carbons (Fsp3) is 0.667. The summed E-state index contributed by atoms with van der Waals surface area (Å²) in [6.07, 6.45) is 1.68. The summed E-state index contributed by atoms with van der Waals surface area (Å²) >= 11 is 0. The molecule has 1 unspecified atom stereocenters. The zero-order valence-electron chi connectivity index (χ0n) is 5.29. The molecule has 1 fully saturated rings. The van der Waals surface area contributed by atoms with Gasteiger partial charge in [-0.05, 0) is 0 Å². The molecule has 52 valence electrons. The molecule has 3 heteroatoms. The van der Waals surface area contributed by atoms with Gasteiger partial charge in [0.1, 0.15) is 0 Å². The van der Waals surface area contributed by atoms with Crippen LogP contribution in [-0.4, -0.2) is 36.1 Å². The minimum atomic E-state index is -0.0150. The Morgan fingerprint density at radius 3 is 3.00 bits per heavy atom. The van der Waals surface area contributed by atoms with E-state index in [1.807, 2.05) is 0 Å². The Balaban J connectivity index is 2.38. The van der Waals surface area contributed by atoms with E-state index in [1.54, 1.807) is 6.08 Å². The minimum absolute atomic E-state index is 0.0150. The van der Waals surface area contributed by atoms with Crippen LogP contribution >= 0.6 is 0 Å². The molecule has 0 aromatic carbocycles. The van der Waals surface area contributed by atoms with Gasteiger partial charge in [-0.25, -0.2) is 0 Å². The van der Waals surface area contributed by atoms with E-state index >= 15 is 0 Å². The molecule has 1 saturated heterocycles. The highest BCUT2D eigenvalue weighted by atomic mass is 16.5. The largest absolute Gasteiger partial charge is 0.378 e. The van der Waals surface area contributed by atoms with Crippen LogP contribution in [0.5, 0.6) is 0 Å². The monoisotopic (exact) mass is 129 g/mol. The van der Waals surface area contributed by atoms with Crippen molar-refractivity contribution in [1.82, 2.24) is 5.06 Å². The molecular weight excluding hydrogens is 118 g/mol. The van der Waals surface area contributed by atoms with Gasteiger partial charge in [-0.3, -0.25) is 0 Å². The molecule has 0 aromatic heterocycles. The first-order valence-electron chi connectivity index (χ1n) is 3.00. The van der Waals surface area contributed by atoms with E-state index in [0.29, 0.717) is 19.8 Å². The summed E-state index contributed by atoms with van der Waals surface area (Å²) in [6, 6.07) is -0.0150. The smallest absolute Gasteiger partial charge is 0.0762 e. The van der Waals surface area contributed by atoms with Crippen LogP contribution in [0.1, 0.15) is 0 Å². The van der Waals surface area contributed by atoms with Crippen molar-refractivity contribution in [3.8, 4) is 0 Å². The third-order valence-electron chi connectivity index (χ3n) is 1.41. The van der Waals surface area contributed by atoms with Crippen molar-refractivity contribution in [2.24, 2.45) is 0 Å². The van der Waals surface area contributed by atoms with E-state index in [0.717, 1.165) is 0 Å². The van der Waals surface area contributed by atoms with Crippen LogP contribution in [0.3, 0.4) is 0 Å². The predicted octanol–water partition coefficient (Wildman–Crippen LogP) is 0.262. The predicted molar refractivity (Wildman–Crippen MR) is 33.3 cm³/mol. The number of nitrogens with zero attached hydrogens (tertiary/aromatic N) is 1. The van der Waals surface area contributed by atoms with Gasteiger partial charge in [-0.2, -0.15) is 5.06 Å². The second-order valence-corrected chi connectivity index (χ2v) is 2.04. The number of ether oxygens (including phenoxy) is 1. The second kappa shape index (κ2) is 2.96. The van der Waals surface area contributed by atoms with Crippen LogP contribution in [0.4, 0.5) is 0 Å². The van der Waals surface area contributed by atoms with Crippen LogP contribution in [0.15, 0.2) is 12.7 Å². The Labute approximate surface area is 54.5 Å². The minimum Gasteiger partial charge on any atom is -0.378 e. The van der Waals surface area contributed by atoms with Gasteiger partial charge < -0.3 is 9.94 Å². The number of hydroxylamine groups is 2. The third-order valence-corrected chi connectivity index (χ3v) is 1.41. The van der Waals surface area contributed by atoms with Crippen molar-refractivity contribution in [2.75, 3.05) is 19.8 Å². The van der Waals surface area contributed by atoms with E-state index in [-0.39, 0.29) is 6.04 Å². The molecule has 1 aliphatic rings. The van der Waals surface area contributed by atoms with Gasteiger partial charge in [-0.15, -0.1) is 6.58 Å². The molecule has 0 bridgehead atoms. The molecular formula is C6H11NO2. The van der Waals surface area contributed by atoms with Crippen molar-refractivity contribution >= 4 is 0 Å². The molecule has 1 atom stereocenters. The van der Waals surface area contributed by atoms with E-state index in [4.69, 9.17) is 9.94 Å². The van der Waals surface area contributed by atoms with Crippen LogP contribution in [0.25, 0.3) is 0 Å². The standard InChI is InChI=1S/C6H11NO2/c1-2-6-5-9-4-3-7(6)8/h2,6,8H,1,3-5H2. The molecule has 0 radical (unpaired) electrons. The Morgan fingerprint density at radius 1 is 1.78 bits per heavy atom. The fourth-order valence-electron chi connectivity index (χ4n) is 0.804. The van der Waals surface area contributed by atoms with Crippen molar-refractivity contribution in [3.05, 3.63) is 12.7 Å². The van der Waals surface area contributed by atoms with Crippen LogP contribution in [0, 0.1) is 0 Å². The van der Waals surface area contributed by atoms with Gasteiger partial charge in [0.15, 0.2) is 0 Å². The Bertz CT molecular complexity index is 105. The normalized spacial score (nSPS) is 30.1. The second-order valence-electron chi connectivity index (χ2n) is 2.04. The fourth-order valence-corrected chi connectivity index (χ4v) is 0.804. The maximum atomic E-state index is 9.05. The molecule has 0 amide bonds. The molecule has 0 aliphatic carbocycles.